The van der Waals surface area contributed by atoms with Crippen molar-refractivity contribution in [1.29, 1.82) is 0 Å². The fourth-order valence-corrected chi connectivity index (χ4v) is 5.57. The number of rotatable bonds is 8. The van der Waals surface area contributed by atoms with E-state index in [1.54, 1.807) is 35.7 Å². The molecule has 15 heteroatoms. The van der Waals surface area contributed by atoms with Gasteiger partial charge in [0.1, 0.15) is 16.4 Å². The second-order valence-corrected chi connectivity index (χ2v) is 11.5. The SMILES string of the molecule is CC(C)(CNc1nc(C(F)(F)F)ccc1S(=O)(=O)NC1CCN(c2ccc(C(F)(F)F)cc2)C1)n1ccnc1. The van der Waals surface area contributed by atoms with Crippen LogP contribution in [0.3, 0.4) is 0 Å². The first-order valence-electron chi connectivity index (χ1n) is 11.8. The maximum absolute atomic E-state index is 13.4. The molecule has 4 rings (SSSR count). The number of hydrogen-bond acceptors (Lipinski definition) is 6. The van der Waals surface area contributed by atoms with E-state index in [9.17, 15) is 34.8 Å². The molecule has 0 bridgehead atoms. The van der Waals surface area contributed by atoms with Crippen molar-refractivity contribution in [2.75, 3.05) is 29.9 Å². The predicted molar refractivity (Wildman–Crippen MR) is 132 cm³/mol. The lowest BCUT2D eigenvalue weighted by molar-refractivity contribution is -0.141. The zero-order valence-electron chi connectivity index (χ0n) is 20.9. The average Bonchev–Trinajstić information content (AvgIpc) is 3.54. The highest BCUT2D eigenvalue weighted by molar-refractivity contribution is 7.89. The predicted octanol–water partition coefficient (Wildman–Crippen LogP) is 4.72. The zero-order chi connectivity index (χ0) is 28.6. The third kappa shape index (κ3) is 6.64. The van der Waals surface area contributed by atoms with Crippen molar-refractivity contribution in [3.63, 3.8) is 0 Å². The van der Waals surface area contributed by atoms with Gasteiger partial charge in [-0.05, 0) is 56.7 Å². The maximum Gasteiger partial charge on any atom is 0.433 e. The van der Waals surface area contributed by atoms with E-state index in [1.807, 2.05) is 0 Å². The number of anilines is 2. The molecule has 8 nitrogen and oxygen atoms in total. The fourth-order valence-electron chi connectivity index (χ4n) is 4.19. The van der Waals surface area contributed by atoms with Gasteiger partial charge in [-0.25, -0.2) is 23.1 Å². The van der Waals surface area contributed by atoms with Gasteiger partial charge in [-0.1, -0.05) is 0 Å². The standard InChI is InChI=1S/C24H26F6N6O2S/c1-22(2,36-12-10-31-15-36)14-32-21-19(7-8-20(33-21)24(28,29)30)39(37,38)34-17-9-11-35(13-17)18-5-3-16(4-6-18)23(25,26)27/h3-8,10,12,15,17,34H,9,11,13-14H2,1-2H3,(H,32,33). The molecule has 0 saturated carbocycles. The van der Waals surface area contributed by atoms with Crippen molar-refractivity contribution in [3.05, 3.63) is 66.4 Å². The number of pyridine rings is 1. The molecule has 0 amide bonds. The molecule has 1 fully saturated rings. The van der Waals surface area contributed by atoms with Crippen LogP contribution in [0.2, 0.25) is 0 Å². The molecule has 2 N–H and O–H groups in total. The van der Waals surface area contributed by atoms with Crippen LogP contribution in [0.25, 0.3) is 0 Å². The lowest BCUT2D eigenvalue weighted by Crippen LogP contribution is -2.38. The summed E-state index contributed by atoms with van der Waals surface area (Å²) in [6.45, 7) is 4.14. The van der Waals surface area contributed by atoms with Gasteiger partial charge in [-0.15, -0.1) is 0 Å². The Morgan fingerprint density at radius 3 is 2.28 bits per heavy atom. The van der Waals surface area contributed by atoms with Gasteiger partial charge in [0.25, 0.3) is 0 Å². The number of nitrogens with zero attached hydrogens (tertiary/aromatic N) is 4. The maximum atomic E-state index is 13.4. The molecule has 212 valence electrons. The number of imidazole rings is 1. The van der Waals surface area contributed by atoms with E-state index in [4.69, 9.17) is 0 Å². The Labute approximate surface area is 221 Å². The molecule has 1 atom stereocenters. The van der Waals surface area contributed by atoms with Crippen LogP contribution in [0.15, 0.2) is 60.0 Å². The largest absolute Gasteiger partial charge is 0.433 e. The van der Waals surface area contributed by atoms with Gasteiger partial charge in [0.15, 0.2) is 0 Å². The zero-order valence-corrected chi connectivity index (χ0v) is 21.7. The highest BCUT2D eigenvalue weighted by atomic mass is 32.2. The van der Waals surface area contributed by atoms with Crippen molar-refractivity contribution in [3.8, 4) is 0 Å². The van der Waals surface area contributed by atoms with Crippen molar-refractivity contribution in [1.82, 2.24) is 19.3 Å². The van der Waals surface area contributed by atoms with Crippen LogP contribution in [0.1, 0.15) is 31.5 Å². The lowest BCUT2D eigenvalue weighted by atomic mass is 10.1. The van der Waals surface area contributed by atoms with Gasteiger partial charge in [-0.3, -0.25) is 0 Å². The first kappa shape index (κ1) is 28.7. The van der Waals surface area contributed by atoms with Crippen LogP contribution in [-0.2, 0) is 27.9 Å². The van der Waals surface area contributed by atoms with Crippen LogP contribution in [0.4, 0.5) is 37.8 Å². The van der Waals surface area contributed by atoms with Gasteiger partial charge in [0.2, 0.25) is 10.0 Å². The molecule has 1 aliphatic rings. The molecule has 2 aromatic heterocycles. The molecule has 3 heterocycles. The molecule has 1 saturated heterocycles. The number of benzene rings is 1. The third-order valence-corrected chi connectivity index (χ3v) is 7.95. The van der Waals surface area contributed by atoms with E-state index < -0.39 is 55.9 Å². The summed E-state index contributed by atoms with van der Waals surface area (Å²) in [7, 11) is -4.33. The Balaban J connectivity index is 1.52. The molecule has 1 aliphatic heterocycles. The van der Waals surface area contributed by atoms with E-state index >= 15 is 0 Å². The lowest BCUT2D eigenvalue weighted by Gasteiger charge is -2.27. The second-order valence-electron chi connectivity index (χ2n) is 9.77. The van der Waals surface area contributed by atoms with E-state index in [2.05, 4.69) is 20.0 Å². The van der Waals surface area contributed by atoms with Crippen molar-refractivity contribution >= 4 is 21.5 Å². The summed E-state index contributed by atoms with van der Waals surface area (Å²) in [5, 5.41) is 2.76. The van der Waals surface area contributed by atoms with Gasteiger partial charge in [0, 0.05) is 43.8 Å². The summed E-state index contributed by atoms with van der Waals surface area (Å²) in [6.07, 6.45) is -4.19. The molecule has 0 radical (unpaired) electrons. The first-order chi connectivity index (χ1) is 18.1. The summed E-state index contributed by atoms with van der Waals surface area (Å²) in [5.41, 5.74) is -2.24. The number of sulfonamides is 1. The minimum Gasteiger partial charge on any atom is -0.370 e. The van der Waals surface area contributed by atoms with Crippen LogP contribution in [0, 0.1) is 0 Å². The third-order valence-electron chi connectivity index (χ3n) is 6.40. The summed E-state index contributed by atoms with van der Waals surface area (Å²) in [4.78, 5) is 8.81. The molecule has 1 unspecified atom stereocenters. The fraction of sp³-hybridized carbons (Fsp3) is 0.417. The van der Waals surface area contributed by atoms with Gasteiger partial charge >= 0.3 is 12.4 Å². The number of halogens is 6. The van der Waals surface area contributed by atoms with Gasteiger partial charge in [0.05, 0.1) is 17.4 Å². The van der Waals surface area contributed by atoms with E-state index in [1.165, 1.54) is 18.5 Å². The molecule has 0 spiro atoms. The monoisotopic (exact) mass is 576 g/mol. The Morgan fingerprint density at radius 2 is 1.69 bits per heavy atom. The van der Waals surface area contributed by atoms with Crippen LogP contribution >= 0.6 is 0 Å². The Bertz CT molecular complexity index is 1390. The van der Waals surface area contributed by atoms with Crippen molar-refractivity contribution in [2.24, 2.45) is 0 Å². The average molecular weight is 577 g/mol. The van der Waals surface area contributed by atoms with E-state index in [0.717, 1.165) is 18.2 Å². The van der Waals surface area contributed by atoms with E-state index in [0.29, 0.717) is 24.7 Å². The van der Waals surface area contributed by atoms with Gasteiger partial charge in [-0.2, -0.15) is 26.3 Å². The van der Waals surface area contributed by atoms with Crippen LogP contribution in [-0.4, -0.2) is 48.6 Å². The molecule has 0 aliphatic carbocycles. The smallest absolute Gasteiger partial charge is 0.370 e. The highest BCUT2D eigenvalue weighted by Crippen LogP contribution is 2.33. The van der Waals surface area contributed by atoms with Gasteiger partial charge < -0.3 is 14.8 Å². The minimum atomic E-state index is -4.79. The summed E-state index contributed by atoms with van der Waals surface area (Å²) < 4.78 is 110. The number of hydrogen-bond donors (Lipinski definition) is 2. The molecular formula is C24H26F6N6O2S. The number of nitrogens with one attached hydrogen (secondary N) is 2. The number of aromatic nitrogens is 3. The highest BCUT2D eigenvalue weighted by Gasteiger charge is 2.36. The van der Waals surface area contributed by atoms with Crippen LogP contribution in [0.5, 0.6) is 0 Å². The molecular weight excluding hydrogens is 550 g/mol. The van der Waals surface area contributed by atoms with Crippen molar-refractivity contribution in [2.45, 2.75) is 49.1 Å². The normalized spacial score (nSPS) is 17.0. The molecule has 39 heavy (non-hydrogen) atoms. The molecule has 3 aromatic rings. The molecule has 1 aromatic carbocycles. The number of alkyl halides is 6. The Hall–Kier alpha value is -3.33. The summed E-state index contributed by atoms with van der Waals surface area (Å²) in [5.74, 6) is -0.455. The summed E-state index contributed by atoms with van der Waals surface area (Å²) >= 11 is 0. The quantitative estimate of drug-likeness (QED) is 0.377. The van der Waals surface area contributed by atoms with Crippen molar-refractivity contribution < 1.29 is 34.8 Å². The van der Waals surface area contributed by atoms with Crippen LogP contribution < -0.4 is 14.9 Å². The summed E-state index contributed by atoms with van der Waals surface area (Å²) in [6, 6.07) is 5.34. The van der Waals surface area contributed by atoms with E-state index in [-0.39, 0.29) is 13.1 Å². The minimum absolute atomic E-state index is 0.0331. The Kier molecular flexibility index (Phi) is 7.60. The Morgan fingerprint density at radius 1 is 1.00 bits per heavy atom. The second kappa shape index (κ2) is 10.3. The first-order valence-corrected chi connectivity index (χ1v) is 13.3. The topological polar surface area (TPSA) is 92.1 Å².